The molecular weight excluding hydrogens is 250 g/mol. The first-order valence-corrected chi connectivity index (χ1v) is 6.83. The lowest BCUT2D eigenvalue weighted by molar-refractivity contribution is 0.307. The molecule has 4 nitrogen and oxygen atoms in total. The van der Waals surface area contributed by atoms with E-state index in [1.54, 1.807) is 0 Å². The lowest BCUT2D eigenvalue weighted by atomic mass is 10.1. The number of nitrogens with zero attached hydrogens (tertiary/aromatic N) is 1. The van der Waals surface area contributed by atoms with Crippen LogP contribution in [0.5, 0.6) is 5.88 Å². The van der Waals surface area contributed by atoms with Gasteiger partial charge in [-0.3, -0.25) is 0 Å². The van der Waals surface area contributed by atoms with Crippen LogP contribution in [0.15, 0.2) is 30.3 Å². The Morgan fingerprint density at radius 1 is 1.20 bits per heavy atom. The van der Waals surface area contributed by atoms with Crippen LogP contribution in [0.3, 0.4) is 0 Å². The molecule has 0 radical (unpaired) electrons. The molecule has 0 amide bonds. The van der Waals surface area contributed by atoms with Crippen LogP contribution in [0.2, 0.25) is 0 Å². The quantitative estimate of drug-likeness (QED) is 0.868. The molecule has 0 fully saturated rings. The number of benzene rings is 1. The van der Waals surface area contributed by atoms with Gasteiger partial charge in [0.2, 0.25) is 5.88 Å². The van der Waals surface area contributed by atoms with Gasteiger partial charge in [0.15, 0.2) is 0 Å². The largest absolute Gasteiger partial charge is 0.476 e. The summed E-state index contributed by atoms with van der Waals surface area (Å²) in [7, 11) is 0. The molecule has 1 aromatic heterocycles. The maximum absolute atomic E-state index is 5.86. The number of aromatic nitrogens is 1. The number of nitrogen functional groups attached to an aromatic ring is 1. The van der Waals surface area contributed by atoms with Crippen molar-refractivity contribution in [2.75, 3.05) is 17.7 Å². The highest BCUT2D eigenvalue weighted by atomic mass is 16.5. The molecular formula is C16H21N3O. The average molecular weight is 271 g/mol. The summed E-state index contributed by atoms with van der Waals surface area (Å²) >= 11 is 0. The minimum Gasteiger partial charge on any atom is -0.476 e. The van der Waals surface area contributed by atoms with Crippen LogP contribution >= 0.6 is 0 Å². The summed E-state index contributed by atoms with van der Waals surface area (Å²) < 4.78 is 5.54. The lowest BCUT2D eigenvalue weighted by Gasteiger charge is -2.12. The van der Waals surface area contributed by atoms with E-state index in [0.717, 1.165) is 17.9 Å². The molecule has 2 aromatic rings. The van der Waals surface area contributed by atoms with Crippen molar-refractivity contribution in [3.8, 4) is 5.88 Å². The molecule has 4 heteroatoms. The molecule has 3 N–H and O–H groups in total. The fourth-order valence-corrected chi connectivity index (χ4v) is 1.93. The summed E-state index contributed by atoms with van der Waals surface area (Å²) in [6.07, 6.45) is 0.926. The molecule has 0 saturated carbocycles. The second kappa shape index (κ2) is 6.28. The number of nitrogens with two attached hydrogens (primary N) is 1. The number of anilines is 3. The van der Waals surface area contributed by atoms with Crippen LogP contribution < -0.4 is 15.8 Å². The van der Waals surface area contributed by atoms with Gasteiger partial charge in [-0.05, 0) is 44.0 Å². The van der Waals surface area contributed by atoms with Gasteiger partial charge in [0.25, 0.3) is 0 Å². The third-order valence-electron chi connectivity index (χ3n) is 2.98. The number of hydrogen-bond donors (Lipinski definition) is 2. The third kappa shape index (κ3) is 3.41. The zero-order valence-electron chi connectivity index (χ0n) is 12.2. The second-order valence-electron chi connectivity index (χ2n) is 4.88. The minimum absolute atomic E-state index is 0.488. The lowest BCUT2D eigenvalue weighted by Crippen LogP contribution is -2.03. The van der Waals surface area contributed by atoms with Gasteiger partial charge in [-0.2, -0.15) is 4.98 Å². The van der Waals surface area contributed by atoms with E-state index in [-0.39, 0.29) is 0 Å². The van der Waals surface area contributed by atoms with Gasteiger partial charge in [-0.25, -0.2) is 0 Å². The molecule has 106 valence electrons. The Bertz CT molecular complexity index is 596. The predicted octanol–water partition coefficient (Wildman–Crippen LogP) is 3.81. The molecule has 1 heterocycles. The molecule has 1 aromatic carbocycles. The summed E-state index contributed by atoms with van der Waals surface area (Å²) in [5.41, 5.74) is 9.88. The Morgan fingerprint density at radius 2 is 2.00 bits per heavy atom. The number of hydrogen-bond acceptors (Lipinski definition) is 4. The first-order valence-electron chi connectivity index (χ1n) is 6.83. The van der Waals surface area contributed by atoms with Crippen LogP contribution in [0, 0.1) is 13.8 Å². The summed E-state index contributed by atoms with van der Waals surface area (Å²) in [4.78, 5) is 4.41. The van der Waals surface area contributed by atoms with E-state index in [1.807, 2.05) is 19.1 Å². The fraction of sp³-hybridized carbons (Fsp3) is 0.312. The van der Waals surface area contributed by atoms with Gasteiger partial charge >= 0.3 is 0 Å². The Labute approximate surface area is 120 Å². The van der Waals surface area contributed by atoms with E-state index in [0.29, 0.717) is 18.2 Å². The van der Waals surface area contributed by atoms with Crippen molar-refractivity contribution in [2.45, 2.75) is 27.2 Å². The first kappa shape index (κ1) is 14.2. The molecule has 0 bridgehead atoms. The Balaban J connectivity index is 2.20. The van der Waals surface area contributed by atoms with Crippen LogP contribution in [0.1, 0.15) is 24.5 Å². The number of rotatable bonds is 5. The van der Waals surface area contributed by atoms with E-state index in [9.17, 15) is 0 Å². The molecule has 0 spiro atoms. The first-order chi connectivity index (χ1) is 9.60. The van der Waals surface area contributed by atoms with Crippen molar-refractivity contribution >= 4 is 17.2 Å². The van der Waals surface area contributed by atoms with Gasteiger partial charge in [0.05, 0.1) is 12.3 Å². The maximum Gasteiger partial charge on any atom is 0.239 e. The van der Waals surface area contributed by atoms with Gasteiger partial charge in [0, 0.05) is 5.69 Å². The zero-order valence-corrected chi connectivity index (χ0v) is 12.2. The van der Waals surface area contributed by atoms with Gasteiger partial charge in [-0.1, -0.05) is 24.6 Å². The van der Waals surface area contributed by atoms with E-state index in [2.05, 4.69) is 42.3 Å². The van der Waals surface area contributed by atoms with Crippen LogP contribution in [0.25, 0.3) is 0 Å². The van der Waals surface area contributed by atoms with Gasteiger partial charge < -0.3 is 15.8 Å². The maximum atomic E-state index is 5.86. The molecule has 0 aliphatic rings. The number of nitrogens with one attached hydrogen (secondary N) is 1. The summed E-state index contributed by atoms with van der Waals surface area (Å²) in [5, 5.41) is 3.30. The normalized spacial score (nSPS) is 10.3. The standard InChI is InChI=1S/C16H21N3O/c1-4-9-20-16-13(17)6-8-15(19-16)18-14-7-5-11(2)10-12(14)3/h5-8,10H,4,9,17H2,1-3H3,(H,18,19). The zero-order chi connectivity index (χ0) is 14.5. The van der Waals surface area contributed by atoms with Crippen LogP contribution in [0.4, 0.5) is 17.2 Å². The molecule has 0 saturated heterocycles. The Kier molecular flexibility index (Phi) is 4.45. The highest BCUT2D eigenvalue weighted by Gasteiger charge is 2.06. The van der Waals surface area contributed by atoms with Crippen molar-refractivity contribution in [3.05, 3.63) is 41.5 Å². The average Bonchev–Trinajstić information content (AvgIpc) is 2.42. The third-order valence-corrected chi connectivity index (χ3v) is 2.98. The number of ether oxygens (including phenoxy) is 1. The molecule has 0 aliphatic heterocycles. The second-order valence-corrected chi connectivity index (χ2v) is 4.88. The highest BCUT2D eigenvalue weighted by Crippen LogP contribution is 2.25. The molecule has 0 atom stereocenters. The van der Waals surface area contributed by atoms with Crippen molar-refractivity contribution in [1.29, 1.82) is 0 Å². The van der Waals surface area contributed by atoms with E-state index >= 15 is 0 Å². The van der Waals surface area contributed by atoms with Crippen molar-refractivity contribution in [2.24, 2.45) is 0 Å². The van der Waals surface area contributed by atoms with E-state index in [4.69, 9.17) is 10.5 Å². The monoisotopic (exact) mass is 271 g/mol. The molecule has 0 unspecified atom stereocenters. The molecule has 20 heavy (non-hydrogen) atoms. The summed E-state index contributed by atoms with van der Waals surface area (Å²) in [5.74, 6) is 1.22. The van der Waals surface area contributed by atoms with Crippen LogP contribution in [-0.2, 0) is 0 Å². The Morgan fingerprint density at radius 3 is 2.70 bits per heavy atom. The summed E-state index contributed by atoms with van der Waals surface area (Å²) in [6, 6.07) is 9.92. The SMILES string of the molecule is CCCOc1nc(Nc2ccc(C)cc2C)ccc1N. The minimum atomic E-state index is 0.488. The smallest absolute Gasteiger partial charge is 0.239 e. The van der Waals surface area contributed by atoms with Crippen molar-refractivity contribution in [1.82, 2.24) is 4.98 Å². The van der Waals surface area contributed by atoms with Crippen molar-refractivity contribution in [3.63, 3.8) is 0 Å². The summed E-state index contributed by atoms with van der Waals surface area (Å²) in [6.45, 7) is 6.81. The number of aryl methyl sites for hydroxylation is 2. The van der Waals surface area contributed by atoms with Gasteiger partial charge in [0.1, 0.15) is 5.82 Å². The van der Waals surface area contributed by atoms with Crippen molar-refractivity contribution < 1.29 is 4.74 Å². The topological polar surface area (TPSA) is 60.2 Å². The molecule has 2 rings (SSSR count). The fourth-order valence-electron chi connectivity index (χ4n) is 1.93. The van der Waals surface area contributed by atoms with E-state index < -0.39 is 0 Å². The number of pyridine rings is 1. The predicted molar refractivity (Wildman–Crippen MR) is 83.6 cm³/mol. The van der Waals surface area contributed by atoms with Gasteiger partial charge in [-0.15, -0.1) is 0 Å². The Hall–Kier alpha value is -2.23. The molecule has 0 aliphatic carbocycles. The highest BCUT2D eigenvalue weighted by molar-refractivity contribution is 5.63. The van der Waals surface area contributed by atoms with E-state index in [1.165, 1.54) is 11.1 Å². The van der Waals surface area contributed by atoms with Crippen LogP contribution in [-0.4, -0.2) is 11.6 Å².